The van der Waals surface area contributed by atoms with Crippen LogP contribution in [0.15, 0.2) is 24.3 Å². The second-order valence-corrected chi connectivity index (χ2v) is 4.50. The van der Waals surface area contributed by atoms with E-state index in [1.807, 2.05) is 6.92 Å². The number of carbonyl (C=O) groups is 1. The summed E-state index contributed by atoms with van der Waals surface area (Å²) in [6.07, 6.45) is -0.587. The van der Waals surface area contributed by atoms with Crippen molar-refractivity contribution in [3.63, 3.8) is 0 Å². The van der Waals surface area contributed by atoms with Crippen LogP contribution in [-0.2, 0) is 4.74 Å². The number of methoxy groups -OCH3 is 1. The smallest absolute Gasteiger partial charge is 0.163 e. The maximum absolute atomic E-state index is 11.4. The molecule has 0 aliphatic carbocycles. The second-order valence-electron chi connectivity index (χ2n) is 4.50. The van der Waals surface area contributed by atoms with Crippen LogP contribution in [0.1, 0.15) is 35.9 Å². The molecule has 18 heavy (non-hydrogen) atoms. The van der Waals surface area contributed by atoms with Gasteiger partial charge in [-0.15, -0.1) is 0 Å². The molecule has 0 radical (unpaired) electrons. The average molecular weight is 248 g/mol. The standard InChI is InChI=1S/C14H16O4/c1-7(2)13-14(17-4)10-5-11(16)9(8(3)15)6-12(10)18-13/h5-6,13-14,16H,1H2,2-4H3/t13-,14+/m1/s1. The molecule has 4 heteroatoms. The Bertz CT molecular complexity index is 519. The Morgan fingerprint density at radius 2 is 2.11 bits per heavy atom. The minimum absolute atomic E-state index is 0.0470. The van der Waals surface area contributed by atoms with Gasteiger partial charge in [-0.25, -0.2) is 0 Å². The Kier molecular flexibility index (Phi) is 3.13. The Balaban J connectivity index is 2.51. The lowest BCUT2D eigenvalue weighted by molar-refractivity contribution is 0.0444. The summed E-state index contributed by atoms with van der Waals surface area (Å²) < 4.78 is 11.1. The number of ketones is 1. The van der Waals surface area contributed by atoms with Crippen LogP contribution < -0.4 is 4.74 Å². The summed E-state index contributed by atoms with van der Waals surface area (Å²) >= 11 is 0. The van der Waals surface area contributed by atoms with Crippen molar-refractivity contribution in [1.29, 1.82) is 0 Å². The summed E-state index contributed by atoms with van der Waals surface area (Å²) in [5, 5.41) is 9.83. The molecule has 0 bridgehead atoms. The van der Waals surface area contributed by atoms with Crippen molar-refractivity contribution >= 4 is 5.78 Å². The highest BCUT2D eigenvalue weighted by Crippen LogP contribution is 2.43. The molecule has 0 amide bonds. The van der Waals surface area contributed by atoms with Crippen LogP contribution in [0.5, 0.6) is 11.5 Å². The van der Waals surface area contributed by atoms with Gasteiger partial charge in [0.15, 0.2) is 5.78 Å². The number of hydrogen-bond acceptors (Lipinski definition) is 4. The van der Waals surface area contributed by atoms with Gasteiger partial charge in [-0.1, -0.05) is 6.58 Å². The van der Waals surface area contributed by atoms with Crippen LogP contribution in [0, 0.1) is 0 Å². The van der Waals surface area contributed by atoms with Gasteiger partial charge in [0, 0.05) is 12.7 Å². The molecule has 1 heterocycles. The molecule has 0 saturated carbocycles. The van der Waals surface area contributed by atoms with Crippen LogP contribution in [0.2, 0.25) is 0 Å². The highest BCUT2D eigenvalue weighted by Gasteiger charge is 2.36. The predicted octanol–water partition coefficient (Wildman–Crippen LogP) is 2.62. The van der Waals surface area contributed by atoms with Crippen LogP contribution in [0.4, 0.5) is 0 Å². The fourth-order valence-corrected chi connectivity index (χ4v) is 2.16. The maximum Gasteiger partial charge on any atom is 0.163 e. The topological polar surface area (TPSA) is 55.8 Å². The normalized spacial score (nSPS) is 21.3. The van der Waals surface area contributed by atoms with Crippen molar-refractivity contribution in [2.45, 2.75) is 26.1 Å². The van der Waals surface area contributed by atoms with Gasteiger partial charge in [0.1, 0.15) is 23.7 Å². The summed E-state index contributed by atoms with van der Waals surface area (Å²) in [4.78, 5) is 11.4. The molecular weight excluding hydrogens is 232 g/mol. The molecule has 1 N–H and O–H groups in total. The maximum atomic E-state index is 11.4. The molecular formula is C14H16O4. The predicted molar refractivity (Wildman–Crippen MR) is 67.1 cm³/mol. The van der Waals surface area contributed by atoms with Gasteiger partial charge in [-0.2, -0.15) is 0 Å². The number of carbonyl (C=O) groups excluding carboxylic acids is 1. The number of benzene rings is 1. The van der Waals surface area contributed by atoms with E-state index in [9.17, 15) is 9.90 Å². The van der Waals surface area contributed by atoms with Crippen LogP contribution >= 0.6 is 0 Å². The first-order chi connectivity index (χ1) is 8.45. The largest absolute Gasteiger partial charge is 0.507 e. The highest BCUT2D eigenvalue weighted by atomic mass is 16.5. The van der Waals surface area contributed by atoms with Gasteiger partial charge in [-0.05, 0) is 31.6 Å². The number of aromatic hydroxyl groups is 1. The van der Waals surface area contributed by atoms with E-state index in [2.05, 4.69) is 6.58 Å². The molecule has 1 aliphatic heterocycles. The number of rotatable bonds is 3. The zero-order chi connectivity index (χ0) is 13.4. The lowest BCUT2D eigenvalue weighted by atomic mass is 10.00. The Morgan fingerprint density at radius 3 is 2.61 bits per heavy atom. The number of ether oxygens (including phenoxy) is 2. The van der Waals surface area contributed by atoms with Crippen molar-refractivity contribution in [2.24, 2.45) is 0 Å². The van der Waals surface area contributed by atoms with Gasteiger partial charge in [-0.3, -0.25) is 4.79 Å². The Hall–Kier alpha value is -1.81. The Labute approximate surface area is 106 Å². The first kappa shape index (κ1) is 12.6. The summed E-state index contributed by atoms with van der Waals surface area (Å²) in [7, 11) is 1.58. The van der Waals surface area contributed by atoms with Gasteiger partial charge in [0.05, 0.1) is 5.56 Å². The van der Waals surface area contributed by atoms with Crippen LogP contribution in [0.3, 0.4) is 0 Å². The SMILES string of the molecule is C=C(C)[C@H]1Oc2cc(C(C)=O)c(O)cc2[C@@H]1OC. The summed E-state index contributed by atoms with van der Waals surface area (Å²) in [5.41, 5.74) is 1.83. The van der Waals surface area contributed by atoms with E-state index in [0.29, 0.717) is 5.75 Å². The molecule has 0 spiro atoms. The van der Waals surface area contributed by atoms with Crippen molar-refractivity contribution < 1.29 is 19.4 Å². The molecule has 1 aromatic carbocycles. The first-order valence-corrected chi connectivity index (χ1v) is 5.68. The van der Waals surface area contributed by atoms with E-state index < -0.39 is 0 Å². The molecule has 2 rings (SSSR count). The average Bonchev–Trinajstić information content (AvgIpc) is 2.65. The van der Waals surface area contributed by atoms with E-state index >= 15 is 0 Å². The minimum atomic E-state index is -0.301. The number of phenols is 1. The van der Waals surface area contributed by atoms with Crippen molar-refractivity contribution in [3.8, 4) is 11.5 Å². The molecule has 2 atom stereocenters. The monoisotopic (exact) mass is 248 g/mol. The molecule has 0 aromatic heterocycles. The van der Waals surface area contributed by atoms with Crippen LogP contribution in [-0.4, -0.2) is 24.1 Å². The summed E-state index contributed by atoms with van der Waals surface area (Å²) in [5.74, 6) is 0.318. The third-order valence-corrected chi connectivity index (χ3v) is 3.08. The van der Waals surface area contributed by atoms with Crippen molar-refractivity contribution in [3.05, 3.63) is 35.4 Å². The van der Waals surface area contributed by atoms with Crippen LogP contribution in [0.25, 0.3) is 0 Å². The zero-order valence-electron chi connectivity index (χ0n) is 10.7. The molecule has 1 aliphatic rings. The summed E-state index contributed by atoms with van der Waals surface area (Å²) in [6.45, 7) is 7.12. The van der Waals surface area contributed by atoms with E-state index in [1.165, 1.54) is 13.0 Å². The minimum Gasteiger partial charge on any atom is -0.507 e. The van der Waals surface area contributed by atoms with Gasteiger partial charge in [0.2, 0.25) is 0 Å². The molecule has 0 fully saturated rings. The fourth-order valence-electron chi connectivity index (χ4n) is 2.16. The molecule has 0 saturated heterocycles. The molecule has 4 nitrogen and oxygen atoms in total. The molecule has 96 valence electrons. The third kappa shape index (κ3) is 1.88. The quantitative estimate of drug-likeness (QED) is 0.660. The second kappa shape index (κ2) is 4.46. The molecule has 0 unspecified atom stereocenters. The van der Waals surface area contributed by atoms with E-state index in [-0.39, 0.29) is 29.3 Å². The van der Waals surface area contributed by atoms with E-state index in [4.69, 9.17) is 9.47 Å². The fraction of sp³-hybridized carbons (Fsp3) is 0.357. The number of hydrogen-bond donors (Lipinski definition) is 1. The highest BCUT2D eigenvalue weighted by molar-refractivity contribution is 5.97. The van der Waals surface area contributed by atoms with Crippen molar-refractivity contribution in [2.75, 3.05) is 7.11 Å². The van der Waals surface area contributed by atoms with E-state index in [0.717, 1.165) is 11.1 Å². The number of phenolic OH excluding ortho intramolecular Hbond substituents is 1. The third-order valence-electron chi connectivity index (χ3n) is 3.08. The van der Waals surface area contributed by atoms with E-state index in [1.54, 1.807) is 13.2 Å². The number of Topliss-reactive ketones (excluding diaryl/α,β-unsaturated/α-hetero) is 1. The van der Waals surface area contributed by atoms with Gasteiger partial charge < -0.3 is 14.6 Å². The van der Waals surface area contributed by atoms with Gasteiger partial charge >= 0.3 is 0 Å². The lowest BCUT2D eigenvalue weighted by Gasteiger charge is -2.17. The number of fused-ring (bicyclic) bond motifs is 1. The zero-order valence-corrected chi connectivity index (χ0v) is 10.7. The molecule has 1 aromatic rings. The first-order valence-electron chi connectivity index (χ1n) is 5.68. The van der Waals surface area contributed by atoms with Gasteiger partial charge in [0.25, 0.3) is 0 Å². The summed E-state index contributed by atoms with van der Waals surface area (Å²) in [6, 6.07) is 3.09. The van der Waals surface area contributed by atoms with Crippen molar-refractivity contribution in [1.82, 2.24) is 0 Å². The lowest BCUT2D eigenvalue weighted by Crippen LogP contribution is -2.20. The Morgan fingerprint density at radius 1 is 1.44 bits per heavy atom.